The number of benzene rings is 2. The van der Waals surface area contributed by atoms with Gasteiger partial charge in [-0.15, -0.1) is 0 Å². The number of carbonyl (C=O) groups excluding carboxylic acids is 1. The Balaban J connectivity index is 2.25. The third-order valence-electron chi connectivity index (χ3n) is 3.30. The van der Waals surface area contributed by atoms with Crippen LogP contribution in [-0.2, 0) is 11.3 Å². The molecule has 0 aliphatic rings. The standard InChI is InChI=1S/C18H19ClO5/c1-12(20)17-16(24-11-21-2)9-8-15(19)18(17)23-10-13-4-6-14(22-3)7-5-13/h4-9H,10-11H2,1-3H3. The predicted octanol–water partition coefficient (Wildman–Crippen LogP) is 4.11. The van der Waals surface area contributed by atoms with E-state index in [4.69, 9.17) is 30.5 Å². The average Bonchev–Trinajstić information content (AvgIpc) is 2.59. The first-order valence-electron chi connectivity index (χ1n) is 7.27. The Labute approximate surface area is 146 Å². The fourth-order valence-electron chi connectivity index (χ4n) is 2.13. The van der Waals surface area contributed by atoms with E-state index in [1.54, 1.807) is 19.2 Å². The molecule has 2 rings (SSSR count). The van der Waals surface area contributed by atoms with Crippen molar-refractivity contribution in [1.82, 2.24) is 0 Å². The quantitative estimate of drug-likeness (QED) is 0.529. The van der Waals surface area contributed by atoms with Crippen molar-refractivity contribution in [3.05, 3.63) is 52.5 Å². The van der Waals surface area contributed by atoms with Gasteiger partial charge in [0.2, 0.25) is 0 Å². The summed E-state index contributed by atoms with van der Waals surface area (Å²) in [5.41, 5.74) is 1.22. The molecule has 0 heterocycles. The fourth-order valence-corrected chi connectivity index (χ4v) is 2.35. The van der Waals surface area contributed by atoms with Crippen LogP contribution in [0.2, 0.25) is 5.02 Å². The van der Waals surface area contributed by atoms with Crippen molar-refractivity contribution in [3.8, 4) is 17.2 Å². The van der Waals surface area contributed by atoms with Crippen LogP contribution in [0.5, 0.6) is 17.2 Å². The van der Waals surface area contributed by atoms with E-state index < -0.39 is 0 Å². The molecule has 128 valence electrons. The van der Waals surface area contributed by atoms with E-state index in [2.05, 4.69) is 0 Å². The van der Waals surface area contributed by atoms with Crippen LogP contribution in [0.4, 0.5) is 0 Å². The van der Waals surface area contributed by atoms with Crippen molar-refractivity contribution in [2.24, 2.45) is 0 Å². The minimum Gasteiger partial charge on any atom is -0.497 e. The highest BCUT2D eigenvalue weighted by atomic mass is 35.5. The molecule has 0 amide bonds. The zero-order valence-corrected chi connectivity index (χ0v) is 14.6. The summed E-state index contributed by atoms with van der Waals surface area (Å²) in [6.45, 7) is 1.73. The topological polar surface area (TPSA) is 54.0 Å². The lowest BCUT2D eigenvalue weighted by Crippen LogP contribution is -2.07. The van der Waals surface area contributed by atoms with E-state index >= 15 is 0 Å². The zero-order valence-electron chi connectivity index (χ0n) is 13.8. The lowest BCUT2D eigenvalue weighted by molar-refractivity contribution is 0.0500. The maximum Gasteiger partial charge on any atom is 0.188 e. The summed E-state index contributed by atoms with van der Waals surface area (Å²) < 4.78 is 21.2. The second-order valence-corrected chi connectivity index (χ2v) is 5.40. The highest BCUT2D eigenvalue weighted by Gasteiger charge is 2.19. The molecule has 0 aliphatic heterocycles. The van der Waals surface area contributed by atoms with Crippen molar-refractivity contribution in [2.45, 2.75) is 13.5 Å². The molecule has 0 radical (unpaired) electrons. The van der Waals surface area contributed by atoms with Gasteiger partial charge in [0.1, 0.15) is 23.7 Å². The third-order valence-corrected chi connectivity index (χ3v) is 3.60. The summed E-state index contributed by atoms with van der Waals surface area (Å²) in [5.74, 6) is 1.23. The minimum atomic E-state index is -0.201. The van der Waals surface area contributed by atoms with Crippen LogP contribution < -0.4 is 14.2 Å². The molecular formula is C18H19ClO5. The fraction of sp³-hybridized carbons (Fsp3) is 0.278. The van der Waals surface area contributed by atoms with E-state index in [-0.39, 0.29) is 19.2 Å². The number of hydrogen-bond donors (Lipinski definition) is 0. The lowest BCUT2D eigenvalue weighted by Gasteiger charge is -2.16. The summed E-state index contributed by atoms with van der Waals surface area (Å²) in [6, 6.07) is 10.7. The molecule has 0 unspecified atom stereocenters. The summed E-state index contributed by atoms with van der Waals surface area (Å²) in [4.78, 5) is 12.0. The maximum absolute atomic E-state index is 12.0. The molecule has 5 nitrogen and oxygen atoms in total. The van der Waals surface area contributed by atoms with E-state index in [9.17, 15) is 4.79 Å². The molecule has 0 atom stereocenters. The van der Waals surface area contributed by atoms with Gasteiger partial charge in [0.05, 0.1) is 12.1 Å². The first-order valence-corrected chi connectivity index (χ1v) is 7.65. The number of ketones is 1. The lowest BCUT2D eigenvalue weighted by atomic mass is 10.1. The van der Waals surface area contributed by atoms with E-state index in [1.807, 2.05) is 24.3 Å². The molecule has 0 aliphatic carbocycles. The van der Waals surface area contributed by atoms with Gasteiger partial charge in [-0.1, -0.05) is 23.7 Å². The molecule has 0 saturated carbocycles. The van der Waals surface area contributed by atoms with Crippen LogP contribution in [0, 0.1) is 0 Å². The second-order valence-electron chi connectivity index (χ2n) is 4.99. The smallest absolute Gasteiger partial charge is 0.188 e. The minimum absolute atomic E-state index is 0.0276. The first kappa shape index (κ1) is 18.1. The van der Waals surface area contributed by atoms with Gasteiger partial charge in [-0.05, 0) is 36.8 Å². The molecule has 0 saturated heterocycles. The third kappa shape index (κ3) is 4.40. The number of ether oxygens (including phenoxy) is 4. The number of rotatable bonds is 8. The van der Waals surface area contributed by atoms with Crippen molar-refractivity contribution < 1.29 is 23.7 Å². The van der Waals surface area contributed by atoms with Gasteiger partial charge >= 0.3 is 0 Å². The molecule has 24 heavy (non-hydrogen) atoms. The summed E-state index contributed by atoms with van der Waals surface area (Å²) in [7, 11) is 3.11. The maximum atomic E-state index is 12.0. The van der Waals surface area contributed by atoms with Gasteiger partial charge < -0.3 is 18.9 Å². The molecule has 0 spiro atoms. The normalized spacial score (nSPS) is 10.3. The molecule has 6 heteroatoms. The van der Waals surface area contributed by atoms with E-state index in [0.29, 0.717) is 22.1 Å². The average molecular weight is 351 g/mol. The highest BCUT2D eigenvalue weighted by Crippen LogP contribution is 2.36. The summed E-state index contributed by atoms with van der Waals surface area (Å²) in [5, 5.41) is 0.346. The Morgan fingerprint density at radius 2 is 1.75 bits per heavy atom. The van der Waals surface area contributed by atoms with Gasteiger partial charge in [0.15, 0.2) is 18.3 Å². The number of carbonyl (C=O) groups is 1. The Bertz CT molecular complexity index is 697. The molecule has 2 aromatic carbocycles. The largest absolute Gasteiger partial charge is 0.497 e. The SMILES string of the molecule is COCOc1ccc(Cl)c(OCc2ccc(OC)cc2)c1C(C)=O. The number of methoxy groups -OCH3 is 2. The summed E-state index contributed by atoms with van der Waals surface area (Å²) >= 11 is 6.21. The van der Waals surface area contributed by atoms with Gasteiger partial charge in [-0.3, -0.25) is 4.79 Å². The number of Topliss-reactive ketones (excluding diaryl/α,β-unsaturated/α-hetero) is 1. The van der Waals surface area contributed by atoms with Crippen LogP contribution in [0.25, 0.3) is 0 Å². The van der Waals surface area contributed by atoms with Crippen LogP contribution in [-0.4, -0.2) is 26.8 Å². The van der Waals surface area contributed by atoms with Crippen molar-refractivity contribution in [2.75, 3.05) is 21.0 Å². The molecular weight excluding hydrogens is 332 g/mol. The van der Waals surface area contributed by atoms with E-state index in [1.165, 1.54) is 14.0 Å². The predicted molar refractivity (Wildman–Crippen MR) is 91.3 cm³/mol. The Hall–Kier alpha value is -2.24. The van der Waals surface area contributed by atoms with Crippen LogP contribution in [0.1, 0.15) is 22.8 Å². The van der Waals surface area contributed by atoms with Crippen LogP contribution in [0.15, 0.2) is 36.4 Å². The van der Waals surface area contributed by atoms with Gasteiger partial charge in [-0.2, -0.15) is 0 Å². The number of halogens is 1. The van der Waals surface area contributed by atoms with Gasteiger partial charge in [0.25, 0.3) is 0 Å². The summed E-state index contributed by atoms with van der Waals surface area (Å²) in [6.07, 6.45) is 0. The molecule has 0 aromatic heterocycles. The Morgan fingerprint density at radius 1 is 1.04 bits per heavy atom. The van der Waals surface area contributed by atoms with Gasteiger partial charge in [-0.25, -0.2) is 0 Å². The van der Waals surface area contributed by atoms with Crippen LogP contribution in [0.3, 0.4) is 0 Å². The molecule has 0 N–H and O–H groups in total. The highest BCUT2D eigenvalue weighted by molar-refractivity contribution is 6.32. The van der Waals surface area contributed by atoms with Crippen molar-refractivity contribution >= 4 is 17.4 Å². The van der Waals surface area contributed by atoms with Crippen molar-refractivity contribution in [1.29, 1.82) is 0 Å². The van der Waals surface area contributed by atoms with E-state index in [0.717, 1.165) is 11.3 Å². The van der Waals surface area contributed by atoms with Crippen molar-refractivity contribution in [3.63, 3.8) is 0 Å². The number of hydrogen-bond acceptors (Lipinski definition) is 5. The van der Waals surface area contributed by atoms with Gasteiger partial charge in [0, 0.05) is 7.11 Å². The molecule has 0 fully saturated rings. The monoisotopic (exact) mass is 350 g/mol. The first-order chi connectivity index (χ1) is 11.6. The molecule has 0 bridgehead atoms. The Kier molecular flexibility index (Phi) is 6.46. The molecule has 2 aromatic rings. The second kappa shape index (κ2) is 8.57. The Morgan fingerprint density at radius 3 is 2.33 bits per heavy atom. The zero-order chi connectivity index (χ0) is 17.5. The van der Waals surface area contributed by atoms with Crippen LogP contribution >= 0.6 is 11.6 Å².